The number of carbonyl (C=O) groups excluding carboxylic acids is 1. The summed E-state index contributed by atoms with van der Waals surface area (Å²) in [4.78, 5) is 11.6. The van der Waals surface area contributed by atoms with E-state index < -0.39 is 30.0 Å². The molecule has 3 N–H and O–H groups in total. The smallest absolute Gasteiger partial charge is 0.163 e. The van der Waals surface area contributed by atoms with Crippen LogP contribution in [0.3, 0.4) is 0 Å². The Labute approximate surface area is 160 Å². The Kier molecular flexibility index (Phi) is 11.5. The van der Waals surface area contributed by atoms with Crippen molar-refractivity contribution in [3.05, 3.63) is 0 Å². The van der Waals surface area contributed by atoms with Crippen molar-refractivity contribution in [1.82, 2.24) is 0 Å². The van der Waals surface area contributed by atoms with Gasteiger partial charge in [-0.05, 0) is 0 Å². The van der Waals surface area contributed by atoms with Gasteiger partial charge in [-0.1, -0.05) is 20.8 Å². The monoisotopic (exact) mass is 394 g/mol. The van der Waals surface area contributed by atoms with Gasteiger partial charge < -0.3 is 39.0 Å². The van der Waals surface area contributed by atoms with Gasteiger partial charge in [0, 0.05) is 11.8 Å². The first-order valence-electron chi connectivity index (χ1n) is 9.26. The highest BCUT2D eigenvalue weighted by molar-refractivity contribution is 5.84. The summed E-state index contributed by atoms with van der Waals surface area (Å²) >= 11 is 0. The minimum absolute atomic E-state index is 0.0557. The number of carbonyl (C=O) groups is 1. The zero-order valence-corrected chi connectivity index (χ0v) is 16.5. The summed E-state index contributed by atoms with van der Waals surface area (Å²) in [5.74, 6) is 0.0557. The van der Waals surface area contributed by atoms with E-state index in [1.807, 2.05) is 20.8 Å². The van der Waals surface area contributed by atoms with Crippen LogP contribution in [0.5, 0.6) is 0 Å². The molecule has 1 aliphatic heterocycles. The maximum atomic E-state index is 11.6. The van der Waals surface area contributed by atoms with Crippen LogP contribution in [0.25, 0.3) is 0 Å². The number of rotatable bonds is 13. The van der Waals surface area contributed by atoms with Crippen molar-refractivity contribution >= 4 is 5.78 Å². The van der Waals surface area contributed by atoms with E-state index in [1.54, 1.807) is 0 Å². The highest BCUT2D eigenvalue weighted by Crippen LogP contribution is 2.20. The van der Waals surface area contributed by atoms with Gasteiger partial charge in [-0.25, -0.2) is 0 Å². The highest BCUT2D eigenvalue weighted by Gasteiger charge is 2.36. The van der Waals surface area contributed by atoms with Crippen molar-refractivity contribution in [2.75, 3.05) is 52.9 Å². The average Bonchev–Trinajstić information content (AvgIpc) is 2.61. The molecule has 0 aromatic carbocycles. The first-order valence-corrected chi connectivity index (χ1v) is 9.26. The van der Waals surface area contributed by atoms with E-state index in [9.17, 15) is 15.0 Å². The predicted molar refractivity (Wildman–Crippen MR) is 95.2 cm³/mol. The number of ether oxygens (including phenoxy) is 5. The molecular formula is C18H34O9. The molecule has 0 aromatic rings. The maximum absolute atomic E-state index is 11.6. The van der Waals surface area contributed by atoms with Gasteiger partial charge in [0.05, 0.1) is 52.4 Å². The van der Waals surface area contributed by atoms with Gasteiger partial charge in [-0.3, -0.25) is 4.79 Å². The van der Waals surface area contributed by atoms with Gasteiger partial charge in [0.1, 0.15) is 18.8 Å². The zero-order chi connectivity index (χ0) is 20.3. The van der Waals surface area contributed by atoms with Crippen LogP contribution in [0.4, 0.5) is 0 Å². The molecule has 27 heavy (non-hydrogen) atoms. The molecule has 0 bridgehead atoms. The topological polar surface area (TPSA) is 124 Å². The SMILES string of the molecule is CC(C)(C)C(=O)COCCOCCOCCO[C@H]1C[C@@H](O)[C@@H](O)[C@@H](CO)O1. The minimum atomic E-state index is -1.11. The first-order chi connectivity index (χ1) is 12.8. The standard InChI is InChI=1S/C18H34O9/c1-18(2,3)15(21)12-25-7-6-23-4-5-24-8-9-26-16-10-13(20)17(22)14(11-19)27-16/h13-14,16-17,19-20,22H,4-12H2,1-3H3/t13-,14-,16-,17-/m1/s1. The van der Waals surface area contributed by atoms with E-state index in [0.29, 0.717) is 33.0 Å². The molecule has 0 amide bonds. The van der Waals surface area contributed by atoms with Crippen molar-refractivity contribution in [3.8, 4) is 0 Å². The number of aliphatic hydroxyl groups excluding tert-OH is 3. The van der Waals surface area contributed by atoms with Crippen molar-refractivity contribution in [2.45, 2.75) is 51.8 Å². The largest absolute Gasteiger partial charge is 0.394 e. The van der Waals surface area contributed by atoms with Crippen molar-refractivity contribution in [3.63, 3.8) is 0 Å². The van der Waals surface area contributed by atoms with E-state index in [4.69, 9.17) is 28.8 Å². The third-order valence-electron chi connectivity index (χ3n) is 4.06. The molecular weight excluding hydrogens is 360 g/mol. The van der Waals surface area contributed by atoms with Gasteiger partial charge in [0.25, 0.3) is 0 Å². The van der Waals surface area contributed by atoms with Crippen LogP contribution in [-0.2, 0) is 28.5 Å². The Hall–Kier alpha value is -0.650. The minimum Gasteiger partial charge on any atom is -0.394 e. The molecule has 4 atom stereocenters. The van der Waals surface area contributed by atoms with Crippen LogP contribution in [0, 0.1) is 5.41 Å². The molecule has 0 unspecified atom stereocenters. The van der Waals surface area contributed by atoms with Crippen LogP contribution in [0.1, 0.15) is 27.2 Å². The second-order valence-electron chi connectivity index (χ2n) is 7.40. The normalized spacial score (nSPS) is 26.3. The van der Waals surface area contributed by atoms with Crippen molar-refractivity contribution < 1.29 is 43.8 Å². The zero-order valence-electron chi connectivity index (χ0n) is 16.5. The third-order valence-corrected chi connectivity index (χ3v) is 4.06. The number of hydrogen-bond donors (Lipinski definition) is 3. The van der Waals surface area contributed by atoms with Gasteiger partial charge in [0.15, 0.2) is 12.1 Å². The first kappa shape index (κ1) is 24.4. The van der Waals surface area contributed by atoms with Crippen molar-refractivity contribution in [1.29, 1.82) is 0 Å². The summed E-state index contributed by atoms with van der Waals surface area (Å²) in [6, 6.07) is 0. The molecule has 1 heterocycles. The lowest BCUT2D eigenvalue weighted by Crippen LogP contribution is -2.50. The Morgan fingerprint density at radius 1 is 1.00 bits per heavy atom. The molecule has 1 saturated heterocycles. The van der Waals surface area contributed by atoms with Crippen molar-refractivity contribution in [2.24, 2.45) is 5.41 Å². The number of Topliss-reactive ketones (excluding diaryl/α,β-unsaturated/α-hetero) is 1. The molecule has 0 aromatic heterocycles. The Morgan fingerprint density at radius 2 is 1.56 bits per heavy atom. The third kappa shape index (κ3) is 9.91. The van der Waals surface area contributed by atoms with Gasteiger partial charge in [-0.2, -0.15) is 0 Å². The van der Waals surface area contributed by atoms with E-state index in [0.717, 1.165) is 0 Å². The van der Waals surface area contributed by atoms with Crippen LogP contribution in [0.2, 0.25) is 0 Å². The van der Waals surface area contributed by atoms with Gasteiger partial charge >= 0.3 is 0 Å². The highest BCUT2D eigenvalue weighted by atomic mass is 16.7. The summed E-state index contributed by atoms with van der Waals surface area (Å²) in [6.07, 6.45) is -3.50. The summed E-state index contributed by atoms with van der Waals surface area (Å²) in [6.45, 7) is 7.36. The molecule has 0 saturated carbocycles. The van der Waals surface area contributed by atoms with Gasteiger partial charge in [0.2, 0.25) is 0 Å². The molecule has 1 rings (SSSR count). The Balaban J connectivity index is 1.93. The molecule has 1 aliphatic rings. The fourth-order valence-electron chi connectivity index (χ4n) is 2.23. The molecule has 1 fully saturated rings. The van der Waals surface area contributed by atoms with E-state index in [2.05, 4.69) is 0 Å². The second-order valence-corrected chi connectivity index (χ2v) is 7.40. The lowest BCUT2D eigenvalue weighted by Gasteiger charge is -2.35. The fraction of sp³-hybridized carbons (Fsp3) is 0.944. The lowest BCUT2D eigenvalue weighted by molar-refractivity contribution is -0.259. The molecule has 0 aliphatic carbocycles. The summed E-state index contributed by atoms with van der Waals surface area (Å²) in [7, 11) is 0. The van der Waals surface area contributed by atoms with E-state index in [1.165, 1.54) is 0 Å². The van der Waals surface area contributed by atoms with E-state index >= 15 is 0 Å². The second kappa shape index (κ2) is 12.7. The number of ketones is 1. The molecule has 0 spiro atoms. The van der Waals surface area contributed by atoms with Crippen LogP contribution >= 0.6 is 0 Å². The van der Waals surface area contributed by atoms with Crippen LogP contribution in [-0.4, -0.2) is 98.6 Å². The summed E-state index contributed by atoms with van der Waals surface area (Å²) in [5, 5.41) is 28.4. The fourth-order valence-corrected chi connectivity index (χ4v) is 2.23. The predicted octanol–water partition coefficient (Wildman–Crippen LogP) is -0.503. The van der Waals surface area contributed by atoms with Crippen LogP contribution in [0.15, 0.2) is 0 Å². The molecule has 9 nitrogen and oxygen atoms in total. The molecule has 0 radical (unpaired) electrons. The van der Waals surface area contributed by atoms with Gasteiger partial charge in [-0.15, -0.1) is 0 Å². The Morgan fingerprint density at radius 3 is 2.11 bits per heavy atom. The molecule has 160 valence electrons. The Bertz CT molecular complexity index is 410. The van der Waals surface area contributed by atoms with Crippen LogP contribution < -0.4 is 0 Å². The average molecular weight is 394 g/mol. The summed E-state index contributed by atoms with van der Waals surface area (Å²) < 4.78 is 26.7. The summed E-state index contributed by atoms with van der Waals surface area (Å²) in [5.41, 5.74) is -0.393. The quantitative estimate of drug-likeness (QED) is 0.355. The number of hydrogen-bond acceptors (Lipinski definition) is 9. The maximum Gasteiger partial charge on any atom is 0.163 e. The van der Waals surface area contributed by atoms with E-state index in [-0.39, 0.29) is 32.0 Å². The lowest BCUT2D eigenvalue weighted by atomic mass is 9.91. The molecule has 9 heteroatoms. The number of aliphatic hydroxyl groups is 3.